The summed E-state index contributed by atoms with van der Waals surface area (Å²) in [5.74, 6) is 0.289. The SMILES string of the molecule is CCCCCOc1ccc(C2/C(=C(\O)c3ccc(OCC)cc3)C(=O)C(=O)N2CCN(CC)CC)cc1OCC. The van der Waals surface area contributed by atoms with Crippen LogP contribution < -0.4 is 14.2 Å². The highest BCUT2D eigenvalue weighted by atomic mass is 16.5. The minimum Gasteiger partial charge on any atom is -0.507 e. The summed E-state index contributed by atoms with van der Waals surface area (Å²) in [6.45, 7) is 14.2. The van der Waals surface area contributed by atoms with Crippen LogP contribution in [0, 0.1) is 0 Å². The number of carbonyl (C=O) groups is 2. The Morgan fingerprint density at radius 2 is 1.57 bits per heavy atom. The number of benzene rings is 2. The summed E-state index contributed by atoms with van der Waals surface area (Å²) >= 11 is 0. The molecule has 1 unspecified atom stereocenters. The lowest BCUT2D eigenvalue weighted by Crippen LogP contribution is -2.38. The normalized spacial score (nSPS) is 16.6. The van der Waals surface area contributed by atoms with Gasteiger partial charge in [0.1, 0.15) is 11.5 Å². The van der Waals surface area contributed by atoms with Crippen molar-refractivity contribution in [3.05, 3.63) is 59.2 Å². The van der Waals surface area contributed by atoms with Gasteiger partial charge in [0.2, 0.25) is 0 Å². The Balaban J connectivity index is 2.07. The number of rotatable bonds is 16. The lowest BCUT2D eigenvalue weighted by Gasteiger charge is -2.28. The summed E-state index contributed by atoms with van der Waals surface area (Å²) in [5.41, 5.74) is 1.18. The zero-order valence-electron chi connectivity index (χ0n) is 24.6. The molecule has 0 saturated carbocycles. The third kappa shape index (κ3) is 7.36. The predicted molar refractivity (Wildman–Crippen MR) is 157 cm³/mol. The summed E-state index contributed by atoms with van der Waals surface area (Å²) in [6, 6.07) is 11.6. The van der Waals surface area contributed by atoms with Gasteiger partial charge < -0.3 is 29.1 Å². The Morgan fingerprint density at radius 1 is 0.875 bits per heavy atom. The molecule has 40 heavy (non-hydrogen) atoms. The van der Waals surface area contributed by atoms with E-state index in [0.29, 0.717) is 61.3 Å². The quantitative estimate of drug-likeness (QED) is 0.122. The predicted octanol–water partition coefficient (Wildman–Crippen LogP) is 5.82. The smallest absolute Gasteiger partial charge is 0.295 e. The van der Waals surface area contributed by atoms with Crippen molar-refractivity contribution in [1.29, 1.82) is 0 Å². The molecule has 0 radical (unpaired) electrons. The molecule has 1 aliphatic rings. The van der Waals surface area contributed by atoms with Crippen LogP contribution in [0.3, 0.4) is 0 Å². The second-order valence-corrected chi connectivity index (χ2v) is 9.67. The van der Waals surface area contributed by atoms with Crippen LogP contribution in [0.25, 0.3) is 5.76 Å². The van der Waals surface area contributed by atoms with E-state index >= 15 is 0 Å². The van der Waals surface area contributed by atoms with Crippen molar-refractivity contribution in [3.63, 3.8) is 0 Å². The molecule has 3 rings (SSSR count). The minimum atomic E-state index is -0.768. The molecule has 2 aromatic rings. The minimum absolute atomic E-state index is 0.0627. The first kappa shape index (κ1) is 31.0. The fourth-order valence-electron chi connectivity index (χ4n) is 4.89. The maximum atomic E-state index is 13.4. The lowest BCUT2D eigenvalue weighted by molar-refractivity contribution is -0.140. The molecule has 8 nitrogen and oxygen atoms in total. The van der Waals surface area contributed by atoms with Crippen molar-refractivity contribution in [2.24, 2.45) is 0 Å². The molecule has 1 N–H and O–H groups in total. The molecular formula is C32H44N2O6. The van der Waals surface area contributed by atoms with Gasteiger partial charge in [-0.15, -0.1) is 0 Å². The molecule has 1 atom stereocenters. The van der Waals surface area contributed by atoms with E-state index in [2.05, 4.69) is 25.7 Å². The van der Waals surface area contributed by atoms with Crippen molar-refractivity contribution < 1.29 is 28.9 Å². The lowest BCUT2D eigenvalue weighted by atomic mass is 9.95. The molecule has 0 bridgehead atoms. The van der Waals surface area contributed by atoms with E-state index in [4.69, 9.17) is 14.2 Å². The highest BCUT2D eigenvalue weighted by Gasteiger charge is 2.46. The fraction of sp³-hybridized carbons (Fsp3) is 0.500. The number of ketones is 1. The van der Waals surface area contributed by atoms with Crippen molar-refractivity contribution >= 4 is 17.4 Å². The molecule has 0 aliphatic carbocycles. The zero-order chi connectivity index (χ0) is 29.1. The second-order valence-electron chi connectivity index (χ2n) is 9.67. The van der Waals surface area contributed by atoms with Gasteiger partial charge in [0.05, 0.1) is 31.4 Å². The molecule has 1 amide bonds. The fourth-order valence-corrected chi connectivity index (χ4v) is 4.89. The Bertz CT molecular complexity index is 1160. The number of likely N-dealkylation sites (N-methyl/N-ethyl adjacent to an activating group) is 1. The first-order chi connectivity index (χ1) is 19.4. The Labute approximate surface area is 238 Å². The summed E-state index contributed by atoms with van der Waals surface area (Å²) in [5, 5.41) is 11.4. The number of hydrogen-bond donors (Lipinski definition) is 1. The van der Waals surface area contributed by atoms with E-state index < -0.39 is 17.7 Å². The van der Waals surface area contributed by atoms with Crippen LogP contribution in [0.4, 0.5) is 0 Å². The summed E-state index contributed by atoms with van der Waals surface area (Å²) in [6.07, 6.45) is 3.12. The highest BCUT2D eigenvalue weighted by Crippen LogP contribution is 2.42. The van der Waals surface area contributed by atoms with Crippen LogP contribution in [0.1, 0.15) is 71.0 Å². The van der Waals surface area contributed by atoms with E-state index in [-0.39, 0.29) is 11.3 Å². The number of aliphatic hydroxyl groups is 1. The van der Waals surface area contributed by atoms with Gasteiger partial charge >= 0.3 is 0 Å². The highest BCUT2D eigenvalue weighted by molar-refractivity contribution is 6.46. The van der Waals surface area contributed by atoms with Gasteiger partial charge in [-0.1, -0.05) is 39.7 Å². The first-order valence-corrected chi connectivity index (χ1v) is 14.5. The number of ether oxygens (including phenoxy) is 3. The van der Waals surface area contributed by atoms with E-state index in [9.17, 15) is 14.7 Å². The molecule has 1 aliphatic heterocycles. The molecule has 8 heteroatoms. The molecule has 1 saturated heterocycles. The average molecular weight is 553 g/mol. The first-order valence-electron chi connectivity index (χ1n) is 14.5. The van der Waals surface area contributed by atoms with Gasteiger partial charge in [-0.05, 0) is 75.3 Å². The van der Waals surface area contributed by atoms with Crippen LogP contribution in [-0.2, 0) is 9.59 Å². The molecule has 0 spiro atoms. The topological polar surface area (TPSA) is 88.5 Å². The standard InChI is InChI=1S/C32H44N2O6/c1-6-11-12-21-40-26-18-15-24(22-27(26)39-10-5)29-28(30(35)23-13-16-25(17-14-23)38-9-4)31(36)32(37)34(29)20-19-33(7-2)8-3/h13-18,22,29,35H,6-12,19-21H2,1-5H3/b30-28+. The number of likely N-dealkylation sites (tertiary alicyclic amines) is 1. The van der Waals surface area contributed by atoms with Crippen molar-refractivity contribution in [2.75, 3.05) is 46.0 Å². The van der Waals surface area contributed by atoms with Crippen LogP contribution in [0.2, 0.25) is 0 Å². The van der Waals surface area contributed by atoms with Gasteiger partial charge in [-0.3, -0.25) is 9.59 Å². The van der Waals surface area contributed by atoms with Gasteiger partial charge in [0.15, 0.2) is 11.5 Å². The van der Waals surface area contributed by atoms with Gasteiger partial charge in [-0.2, -0.15) is 0 Å². The Kier molecular flexibility index (Phi) is 11.9. The van der Waals surface area contributed by atoms with E-state index in [1.807, 2.05) is 32.0 Å². The van der Waals surface area contributed by atoms with Crippen molar-refractivity contribution in [1.82, 2.24) is 9.80 Å². The molecule has 1 fully saturated rings. The number of nitrogens with zero attached hydrogens (tertiary/aromatic N) is 2. The third-order valence-corrected chi connectivity index (χ3v) is 7.12. The number of carbonyl (C=O) groups excluding carboxylic acids is 2. The van der Waals surface area contributed by atoms with Gasteiger partial charge in [0.25, 0.3) is 11.7 Å². The average Bonchev–Trinajstić information content (AvgIpc) is 3.22. The van der Waals surface area contributed by atoms with Crippen molar-refractivity contribution in [3.8, 4) is 17.2 Å². The van der Waals surface area contributed by atoms with Crippen LogP contribution in [-0.4, -0.2) is 72.6 Å². The molecule has 218 valence electrons. The van der Waals surface area contributed by atoms with Gasteiger partial charge in [0, 0.05) is 18.7 Å². The van der Waals surface area contributed by atoms with Crippen LogP contribution in [0.15, 0.2) is 48.0 Å². The van der Waals surface area contributed by atoms with Crippen LogP contribution in [0.5, 0.6) is 17.2 Å². The molecular weight excluding hydrogens is 508 g/mol. The second kappa shape index (κ2) is 15.3. The summed E-state index contributed by atoms with van der Waals surface area (Å²) in [7, 11) is 0. The molecule has 2 aromatic carbocycles. The van der Waals surface area contributed by atoms with Gasteiger partial charge in [-0.25, -0.2) is 0 Å². The number of amides is 1. The van der Waals surface area contributed by atoms with Crippen LogP contribution >= 0.6 is 0 Å². The maximum Gasteiger partial charge on any atom is 0.295 e. The Hall–Kier alpha value is -3.52. The van der Waals surface area contributed by atoms with E-state index in [1.165, 1.54) is 0 Å². The van der Waals surface area contributed by atoms with Crippen molar-refractivity contribution in [2.45, 2.75) is 59.9 Å². The monoisotopic (exact) mass is 552 g/mol. The number of aliphatic hydroxyl groups excluding tert-OH is 1. The maximum absolute atomic E-state index is 13.4. The zero-order valence-corrected chi connectivity index (χ0v) is 24.6. The largest absolute Gasteiger partial charge is 0.507 e. The third-order valence-electron chi connectivity index (χ3n) is 7.12. The number of unbranched alkanes of at least 4 members (excludes halogenated alkanes) is 2. The summed E-state index contributed by atoms with van der Waals surface area (Å²) < 4.78 is 17.4. The van der Waals surface area contributed by atoms with E-state index in [0.717, 1.165) is 32.4 Å². The summed E-state index contributed by atoms with van der Waals surface area (Å²) in [4.78, 5) is 30.6. The molecule has 0 aromatic heterocycles. The molecule has 1 heterocycles. The number of Topliss-reactive ketones (excluding diaryl/α,β-unsaturated/α-hetero) is 1. The number of hydrogen-bond acceptors (Lipinski definition) is 7. The van der Waals surface area contributed by atoms with E-state index in [1.54, 1.807) is 29.2 Å². The Morgan fingerprint density at radius 3 is 2.20 bits per heavy atom.